The van der Waals surface area contributed by atoms with Crippen LogP contribution in [0.1, 0.15) is 17.2 Å². The molecule has 20 heavy (non-hydrogen) atoms. The number of methoxy groups -OCH3 is 1. The van der Waals surface area contributed by atoms with Gasteiger partial charge in [-0.3, -0.25) is 0 Å². The Kier molecular flexibility index (Phi) is 4.98. The molecule has 2 aromatic rings. The molecule has 0 bridgehead atoms. The molecule has 0 saturated carbocycles. The smallest absolute Gasteiger partial charge is 0.134 e. The van der Waals surface area contributed by atoms with Crippen molar-refractivity contribution < 1.29 is 13.5 Å². The molecule has 6 heteroatoms. The summed E-state index contributed by atoms with van der Waals surface area (Å²) in [4.78, 5) is 0. The Morgan fingerprint density at radius 1 is 1.20 bits per heavy atom. The van der Waals surface area contributed by atoms with E-state index >= 15 is 0 Å². The fraction of sp³-hybridized carbons (Fsp3) is 0.143. The predicted octanol–water partition coefficient (Wildman–Crippen LogP) is 4.39. The lowest BCUT2D eigenvalue weighted by Gasteiger charge is -2.17. The zero-order valence-electron chi connectivity index (χ0n) is 10.5. The van der Waals surface area contributed by atoms with Crippen LogP contribution < -0.4 is 10.5 Å². The van der Waals surface area contributed by atoms with Gasteiger partial charge >= 0.3 is 0 Å². The van der Waals surface area contributed by atoms with Crippen LogP contribution in [-0.2, 0) is 0 Å². The monoisotopic (exact) mass is 453 g/mol. The molecule has 2 rings (SSSR count). The Labute approximate surface area is 137 Å². The van der Waals surface area contributed by atoms with E-state index in [4.69, 9.17) is 10.5 Å². The molecule has 0 aliphatic rings. The van der Waals surface area contributed by atoms with E-state index in [1.54, 1.807) is 6.07 Å². The van der Waals surface area contributed by atoms with Gasteiger partial charge in [-0.15, -0.1) is 0 Å². The standard InChI is InChI=1S/C14H11BrF2INO/c1-20-8-5-10(16)13(11(17)6-8)14(19)9-4-7(15)2-3-12(9)18/h2-6,14H,19H2,1H3. The molecule has 0 fully saturated rings. The summed E-state index contributed by atoms with van der Waals surface area (Å²) < 4.78 is 34.6. The minimum atomic E-state index is -0.884. The molecule has 0 saturated heterocycles. The topological polar surface area (TPSA) is 35.2 Å². The van der Waals surface area contributed by atoms with Crippen LogP contribution in [0.4, 0.5) is 8.78 Å². The van der Waals surface area contributed by atoms with Crippen molar-refractivity contribution >= 4 is 38.5 Å². The van der Waals surface area contributed by atoms with Crippen molar-refractivity contribution in [2.24, 2.45) is 5.73 Å². The average molecular weight is 454 g/mol. The van der Waals surface area contributed by atoms with Gasteiger partial charge in [0, 0.05) is 25.7 Å². The van der Waals surface area contributed by atoms with Gasteiger partial charge in [-0.05, 0) is 46.4 Å². The Balaban J connectivity index is 2.53. The molecule has 2 aromatic carbocycles. The zero-order chi connectivity index (χ0) is 14.9. The first-order chi connectivity index (χ1) is 9.43. The van der Waals surface area contributed by atoms with E-state index in [0.717, 1.165) is 20.2 Å². The third kappa shape index (κ3) is 3.12. The fourth-order valence-electron chi connectivity index (χ4n) is 1.88. The van der Waals surface area contributed by atoms with Gasteiger partial charge in [0.05, 0.1) is 13.2 Å². The molecule has 1 atom stereocenters. The summed E-state index contributed by atoms with van der Waals surface area (Å²) in [5.74, 6) is -1.31. The lowest BCUT2D eigenvalue weighted by atomic mass is 9.98. The lowest BCUT2D eigenvalue weighted by molar-refractivity contribution is 0.404. The number of halogens is 4. The zero-order valence-corrected chi connectivity index (χ0v) is 14.2. The van der Waals surface area contributed by atoms with E-state index in [0.29, 0.717) is 5.56 Å². The van der Waals surface area contributed by atoms with Crippen LogP contribution in [0.25, 0.3) is 0 Å². The summed E-state index contributed by atoms with van der Waals surface area (Å²) in [7, 11) is 1.35. The van der Waals surface area contributed by atoms with E-state index in [1.807, 2.05) is 12.1 Å². The van der Waals surface area contributed by atoms with Crippen molar-refractivity contribution in [2.75, 3.05) is 7.11 Å². The number of hydrogen-bond acceptors (Lipinski definition) is 2. The molecular formula is C14H11BrF2INO. The summed E-state index contributed by atoms with van der Waals surface area (Å²) in [5.41, 5.74) is 6.52. The molecule has 106 valence electrons. The van der Waals surface area contributed by atoms with Gasteiger partial charge in [0.2, 0.25) is 0 Å². The normalized spacial score (nSPS) is 12.3. The maximum absolute atomic E-state index is 14.1. The average Bonchev–Trinajstić information content (AvgIpc) is 2.40. The maximum Gasteiger partial charge on any atom is 0.134 e. The Bertz CT molecular complexity index is 628. The summed E-state index contributed by atoms with van der Waals surface area (Å²) in [6.45, 7) is 0. The molecule has 1 unspecified atom stereocenters. The van der Waals surface area contributed by atoms with Gasteiger partial charge in [-0.2, -0.15) is 0 Å². The highest BCUT2D eigenvalue weighted by Gasteiger charge is 2.21. The van der Waals surface area contributed by atoms with Gasteiger partial charge in [-0.25, -0.2) is 8.78 Å². The number of benzene rings is 2. The fourth-order valence-corrected chi connectivity index (χ4v) is 2.93. The van der Waals surface area contributed by atoms with E-state index < -0.39 is 17.7 Å². The highest BCUT2D eigenvalue weighted by molar-refractivity contribution is 14.1. The van der Waals surface area contributed by atoms with Crippen molar-refractivity contribution in [1.82, 2.24) is 0 Å². The molecule has 0 aliphatic heterocycles. The summed E-state index contributed by atoms with van der Waals surface area (Å²) in [6, 6.07) is 6.81. The number of ether oxygens (including phenoxy) is 1. The Morgan fingerprint density at radius 3 is 2.35 bits per heavy atom. The van der Waals surface area contributed by atoms with Crippen molar-refractivity contribution in [3.63, 3.8) is 0 Å². The van der Waals surface area contributed by atoms with E-state index in [1.165, 1.54) is 7.11 Å². The number of hydrogen-bond donors (Lipinski definition) is 1. The second-order valence-electron chi connectivity index (χ2n) is 4.15. The predicted molar refractivity (Wildman–Crippen MR) is 85.8 cm³/mol. The molecule has 0 spiro atoms. The minimum absolute atomic E-state index is 0.125. The van der Waals surface area contributed by atoms with Crippen LogP contribution in [0.3, 0.4) is 0 Å². The molecule has 0 aliphatic carbocycles. The Morgan fingerprint density at radius 2 is 1.80 bits per heavy atom. The molecule has 0 radical (unpaired) electrons. The minimum Gasteiger partial charge on any atom is -0.497 e. The first-order valence-corrected chi connectivity index (χ1v) is 7.54. The van der Waals surface area contributed by atoms with Crippen LogP contribution >= 0.6 is 38.5 Å². The highest BCUT2D eigenvalue weighted by Crippen LogP contribution is 2.31. The molecule has 0 aromatic heterocycles. The van der Waals surface area contributed by atoms with Gasteiger partial charge in [0.1, 0.15) is 17.4 Å². The first-order valence-electron chi connectivity index (χ1n) is 5.67. The van der Waals surface area contributed by atoms with Crippen LogP contribution in [-0.4, -0.2) is 7.11 Å². The van der Waals surface area contributed by atoms with Crippen LogP contribution in [0, 0.1) is 15.2 Å². The van der Waals surface area contributed by atoms with Crippen molar-refractivity contribution in [3.05, 3.63) is 61.1 Å². The SMILES string of the molecule is COc1cc(F)c(C(N)c2cc(Br)ccc2I)c(F)c1. The summed E-state index contributed by atoms with van der Waals surface area (Å²) in [5, 5.41) is 0. The van der Waals surface area contributed by atoms with Gasteiger partial charge in [0.15, 0.2) is 0 Å². The summed E-state index contributed by atoms with van der Waals surface area (Å²) >= 11 is 5.42. The van der Waals surface area contributed by atoms with Gasteiger partial charge in [0.25, 0.3) is 0 Å². The Hall–Kier alpha value is -0.730. The molecule has 0 amide bonds. The van der Waals surface area contributed by atoms with E-state index in [9.17, 15) is 8.78 Å². The van der Waals surface area contributed by atoms with Crippen LogP contribution in [0.15, 0.2) is 34.8 Å². The highest BCUT2D eigenvalue weighted by atomic mass is 127. The first kappa shape index (κ1) is 15.7. The van der Waals surface area contributed by atoms with E-state index in [-0.39, 0.29) is 11.3 Å². The lowest BCUT2D eigenvalue weighted by Crippen LogP contribution is -2.17. The van der Waals surface area contributed by atoms with Crippen molar-refractivity contribution in [1.29, 1.82) is 0 Å². The molecule has 2 nitrogen and oxygen atoms in total. The maximum atomic E-state index is 14.1. The number of rotatable bonds is 3. The van der Waals surface area contributed by atoms with Crippen molar-refractivity contribution in [3.8, 4) is 5.75 Å². The molecule has 2 N–H and O–H groups in total. The molecule has 0 heterocycles. The summed E-state index contributed by atoms with van der Waals surface area (Å²) in [6.07, 6.45) is 0. The molecular weight excluding hydrogens is 443 g/mol. The second kappa shape index (κ2) is 6.36. The van der Waals surface area contributed by atoms with Crippen LogP contribution in [0.2, 0.25) is 0 Å². The van der Waals surface area contributed by atoms with Crippen LogP contribution in [0.5, 0.6) is 5.75 Å². The second-order valence-corrected chi connectivity index (χ2v) is 6.23. The van der Waals surface area contributed by atoms with Gasteiger partial charge < -0.3 is 10.5 Å². The third-order valence-electron chi connectivity index (χ3n) is 2.89. The van der Waals surface area contributed by atoms with Gasteiger partial charge in [-0.1, -0.05) is 15.9 Å². The third-order valence-corrected chi connectivity index (χ3v) is 4.37. The van der Waals surface area contributed by atoms with Crippen molar-refractivity contribution in [2.45, 2.75) is 6.04 Å². The largest absolute Gasteiger partial charge is 0.497 e. The quantitative estimate of drug-likeness (QED) is 0.699. The number of nitrogens with two attached hydrogens (primary N) is 1. The van der Waals surface area contributed by atoms with E-state index in [2.05, 4.69) is 38.5 Å².